The molecule has 0 spiro atoms. The molecule has 116 valence electrons. The fourth-order valence-corrected chi connectivity index (χ4v) is 4.90. The maximum absolute atomic E-state index is 3.76. The standard InChI is InChI=1S/C18H28N2S/c1-18(2)10-13-21-14-17(18)19-15-6-8-16(9-7-15)20-11-4-3-5-12-20/h6-9,17,19H,3-5,10-14H2,1-2H3. The summed E-state index contributed by atoms with van der Waals surface area (Å²) in [5.74, 6) is 2.53. The van der Waals surface area contributed by atoms with Crippen LogP contribution in [0.5, 0.6) is 0 Å². The Morgan fingerprint density at radius 1 is 1.10 bits per heavy atom. The molecule has 0 aliphatic carbocycles. The highest BCUT2D eigenvalue weighted by molar-refractivity contribution is 7.99. The first-order valence-corrected chi connectivity index (χ1v) is 9.50. The highest BCUT2D eigenvalue weighted by Crippen LogP contribution is 2.36. The van der Waals surface area contributed by atoms with Crippen molar-refractivity contribution in [3.05, 3.63) is 24.3 Å². The minimum Gasteiger partial charge on any atom is -0.381 e. The molecule has 1 aromatic rings. The van der Waals surface area contributed by atoms with Gasteiger partial charge in [-0.15, -0.1) is 0 Å². The summed E-state index contributed by atoms with van der Waals surface area (Å²) in [4.78, 5) is 2.52. The molecule has 1 aromatic carbocycles. The monoisotopic (exact) mass is 304 g/mol. The summed E-state index contributed by atoms with van der Waals surface area (Å²) in [5, 5.41) is 3.76. The number of thioether (sulfide) groups is 1. The molecule has 2 saturated heterocycles. The molecule has 2 fully saturated rings. The van der Waals surface area contributed by atoms with E-state index in [0.29, 0.717) is 11.5 Å². The highest BCUT2D eigenvalue weighted by atomic mass is 32.2. The average Bonchev–Trinajstić information content (AvgIpc) is 2.51. The Hall–Kier alpha value is -0.830. The average molecular weight is 305 g/mol. The maximum Gasteiger partial charge on any atom is 0.0403 e. The Labute approximate surface area is 133 Å². The molecule has 2 heterocycles. The molecular weight excluding hydrogens is 276 g/mol. The second-order valence-electron chi connectivity index (χ2n) is 7.11. The molecule has 1 unspecified atom stereocenters. The molecule has 2 nitrogen and oxygen atoms in total. The molecule has 3 heteroatoms. The third-order valence-electron chi connectivity index (χ3n) is 5.05. The van der Waals surface area contributed by atoms with Crippen LogP contribution in [0.1, 0.15) is 39.5 Å². The second-order valence-corrected chi connectivity index (χ2v) is 8.25. The first-order chi connectivity index (χ1) is 10.1. The van der Waals surface area contributed by atoms with Gasteiger partial charge in [0.05, 0.1) is 0 Å². The first-order valence-electron chi connectivity index (χ1n) is 8.34. The van der Waals surface area contributed by atoms with Gasteiger partial charge in [0.25, 0.3) is 0 Å². The fraction of sp³-hybridized carbons (Fsp3) is 0.667. The third kappa shape index (κ3) is 3.68. The van der Waals surface area contributed by atoms with Gasteiger partial charge in [-0.3, -0.25) is 0 Å². The molecule has 2 aliphatic heterocycles. The van der Waals surface area contributed by atoms with Crippen molar-refractivity contribution in [2.75, 3.05) is 34.8 Å². The van der Waals surface area contributed by atoms with Gasteiger partial charge in [-0.2, -0.15) is 11.8 Å². The molecule has 3 rings (SSSR count). The SMILES string of the molecule is CC1(C)CCSCC1Nc1ccc(N2CCCCC2)cc1. The summed E-state index contributed by atoms with van der Waals surface area (Å²) < 4.78 is 0. The number of hydrogen-bond acceptors (Lipinski definition) is 3. The van der Waals surface area contributed by atoms with Crippen LogP contribution in [0.25, 0.3) is 0 Å². The predicted octanol–water partition coefficient (Wildman–Crippen LogP) is 4.62. The molecule has 1 N–H and O–H groups in total. The summed E-state index contributed by atoms with van der Waals surface area (Å²) in [5.41, 5.74) is 3.06. The van der Waals surface area contributed by atoms with Crippen LogP contribution in [-0.2, 0) is 0 Å². The van der Waals surface area contributed by atoms with Crippen LogP contribution in [0.2, 0.25) is 0 Å². The minimum absolute atomic E-state index is 0.400. The van der Waals surface area contributed by atoms with E-state index in [0.717, 1.165) is 0 Å². The zero-order valence-corrected chi connectivity index (χ0v) is 14.2. The lowest BCUT2D eigenvalue weighted by molar-refractivity contribution is 0.305. The van der Waals surface area contributed by atoms with Crippen LogP contribution >= 0.6 is 11.8 Å². The highest BCUT2D eigenvalue weighted by Gasteiger charge is 2.32. The van der Waals surface area contributed by atoms with Gasteiger partial charge in [-0.25, -0.2) is 0 Å². The normalized spacial score (nSPS) is 25.6. The van der Waals surface area contributed by atoms with Gasteiger partial charge in [0, 0.05) is 36.3 Å². The maximum atomic E-state index is 3.76. The van der Waals surface area contributed by atoms with E-state index >= 15 is 0 Å². The van der Waals surface area contributed by atoms with Crippen LogP contribution in [0.15, 0.2) is 24.3 Å². The van der Waals surface area contributed by atoms with Crippen molar-refractivity contribution in [1.29, 1.82) is 0 Å². The smallest absolute Gasteiger partial charge is 0.0403 e. The van der Waals surface area contributed by atoms with Crippen LogP contribution in [0, 0.1) is 5.41 Å². The first kappa shape index (κ1) is 15.1. The molecule has 0 aromatic heterocycles. The van der Waals surface area contributed by atoms with Crippen molar-refractivity contribution in [1.82, 2.24) is 0 Å². The number of nitrogens with one attached hydrogen (secondary N) is 1. The van der Waals surface area contributed by atoms with Gasteiger partial charge in [0.15, 0.2) is 0 Å². The third-order valence-corrected chi connectivity index (χ3v) is 6.11. The van der Waals surface area contributed by atoms with Gasteiger partial charge in [-0.05, 0) is 61.1 Å². The van der Waals surface area contributed by atoms with Crippen LogP contribution in [0.4, 0.5) is 11.4 Å². The Morgan fingerprint density at radius 2 is 1.81 bits per heavy atom. The number of anilines is 2. The van der Waals surface area contributed by atoms with Crippen molar-refractivity contribution in [2.24, 2.45) is 5.41 Å². The van der Waals surface area contributed by atoms with Gasteiger partial charge in [0.1, 0.15) is 0 Å². The van der Waals surface area contributed by atoms with Gasteiger partial charge < -0.3 is 10.2 Å². The molecule has 21 heavy (non-hydrogen) atoms. The number of rotatable bonds is 3. The molecule has 1 atom stereocenters. The molecule has 0 bridgehead atoms. The second kappa shape index (κ2) is 6.51. The minimum atomic E-state index is 0.400. The summed E-state index contributed by atoms with van der Waals surface area (Å²) in [6.45, 7) is 7.23. The number of nitrogens with zero attached hydrogens (tertiary/aromatic N) is 1. The molecule has 0 amide bonds. The van der Waals surface area contributed by atoms with Crippen molar-refractivity contribution in [2.45, 2.75) is 45.6 Å². The van der Waals surface area contributed by atoms with E-state index in [1.807, 2.05) is 0 Å². The lowest BCUT2D eigenvalue weighted by Crippen LogP contribution is -2.41. The summed E-state index contributed by atoms with van der Waals surface area (Å²) in [6, 6.07) is 9.68. The van der Waals surface area contributed by atoms with E-state index in [1.165, 1.54) is 61.7 Å². The molecular formula is C18H28N2S. The fourth-order valence-electron chi connectivity index (χ4n) is 3.30. The van der Waals surface area contributed by atoms with Crippen molar-refractivity contribution in [3.8, 4) is 0 Å². The summed E-state index contributed by atoms with van der Waals surface area (Å²) >= 11 is 2.08. The van der Waals surface area contributed by atoms with E-state index in [2.05, 4.69) is 60.1 Å². The summed E-state index contributed by atoms with van der Waals surface area (Å²) in [7, 11) is 0. The van der Waals surface area contributed by atoms with Crippen LogP contribution in [-0.4, -0.2) is 30.6 Å². The lowest BCUT2D eigenvalue weighted by Gasteiger charge is -2.39. The van der Waals surface area contributed by atoms with E-state index < -0.39 is 0 Å². The van der Waals surface area contributed by atoms with Crippen LogP contribution in [0.3, 0.4) is 0 Å². The summed E-state index contributed by atoms with van der Waals surface area (Å²) in [6.07, 6.45) is 5.38. The van der Waals surface area contributed by atoms with Gasteiger partial charge in [-0.1, -0.05) is 13.8 Å². The molecule has 2 aliphatic rings. The number of hydrogen-bond donors (Lipinski definition) is 1. The van der Waals surface area contributed by atoms with E-state index in [-0.39, 0.29) is 0 Å². The Balaban J connectivity index is 1.63. The molecule has 0 radical (unpaired) electrons. The van der Waals surface area contributed by atoms with Crippen molar-refractivity contribution < 1.29 is 0 Å². The number of benzene rings is 1. The Bertz CT molecular complexity index is 449. The van der Waals surface area contributed by atoms with Crippen LogP contribution < -0.4 is 10.2 Å². The van der Waals surface area contributed by atoms with E-state index in [9.17, 15) is 0 Å². The van der Waals surface area contributed by atoms with Crippen molar-refractivity contribution >= 4 is 23.1 Å². The van der Waals surface area contributed by atoms with E-state index in [1.54, 1.807) is 0 Å². The number of piperidine rings is 1. The lowest BCUT2D eigenvalue weighted by atomic mass is 9.82. The zero-order valence-electron chi connectivity index (χ0n) is 13.4. The van der Waals surface area contributed by atoms with Crippen molar-refractivity contribution in [3.63, 3.8) is 0 Å². The van der Waals surface area contributed by atoms with E-state index in [4.69, 9.17) is 0 Å². The molecule has 0 saturated carbocycles. The predicted molar refractivity (Wildman–Crippen MR) is 95.6 cm³/mol. The van der Waals surface area contributed by atoms with Gasteiger partial charge in [0.2, 0.25) is 0 Å². The quantitative estimate of drug-likeness (QED) is 0.877. The topological polar surface area (TPSA) is 15.3 Å². The Morgan fingerprint density at radius 3 is 2.48 bits per heavy atom. The zero-order chi connectivity index (χ0) is 14.7. The largest absolute Gasteiger partial charge is 0.381 e. The van der Waals surface area contributed by atoms with Gasteiger partial charge >= 0.3 is 0 Å². The Kier molecular flexibility index (Phi) is 4.68.